The van der Waals surface area contributed by atoms with Gasteiger partial charge in [-0.05, 0) is 67.5 Å². The second-order valence-corrected chi connectivity index (χ2v) is 8.85. The average molecular weight is 422 g/mol. The molecule has 2 aliphatic carbocycles. The second-order valence-electron chi connectivity index (χ2n) is 8.85. The molecule has 5 rings (SSSR count). The number of methoxy groups -OCH3 is 3. The molecule has 2 aromatic carbocycles. The van der Waals surface area contributed by atoms with Crippen LogP contribution >= 0.6 is 0 Å². The van der Waals surface area contributed by atoms with Gasteiger partial charge in [0.1, 0.15) is 0 Å². The van der Waals surface area contributed by atoms with Crippen molar-refractivity contribution in [2.24, 2.45) is 10.9 Å². The van der Waals surface area contributed by atoms with Crippen molar-refractivity contribution in [1.29, 1.82) is 0 Å². The third-order valence-electron chi connectivity index (χ3n) is 6.84. The van der Waals surface area contributed by atoms with Crippen molar-refractivity contribution in [1.82, 2.24) is 0 Å². The van der Waals surface area contributed by atoms with E-state index < -0.39 is 0 Å². The lowest BCUT2D eigenvalue weighted by Crippen LogP contribution is -2.29. The monoisotopic (exact) mass is 421 g/mol. The van der Waals surface area contributed by atoms with Crippen LogP contribution < -0.4 is 18.9 Å². The van der Waals surface area contributed by atoms with E-state index in [1.165, 1.54) is 37.7 Å². The summed E-state index contributed by atoms with van der Waals surface area (Å²) in [7, 11) is 5.08. The molecule has 0 unspecified atom stereocenters. The van der Waals surface area contributed by atoms with Crippen molar-refractivity contribution in [3.8, 4) is 23.0 Å². The van der Waals surface area contributed by atoms with Crippen LogP contribution in [0, 0.1) is 5.92 Å². The number of hydrogen-bond acceptors (Lipinski definition) is 5. The number of hydrogen-bond donors (Lipinski definition) is 0. The van der Waals surface area contributed by atoms with Crippen molar-refractivity contribution >= 4 is 5.71 Å². The van der Waals surface area contributed by atoms with E-state index in [4.69, 9.17) is 23.9 Å². The van der Waals surface area contributed by atoms with Crippen molar-refractivity contribution in [3.63, 3.8) is 0 Å². The Balaban J connectivity index is 1.59. The first-order valence-corrected chi connectivity index (χ1v) is 11.4. The highest BCUT2D eigenvalue weighted by molar-refractivity contribution is 6.15. The SMILES string of the molecule is COc1cc2c(cc1OC)[C@H]1CCCC[C@H]1N=C2c1ccc(OC)c(OCC2CC2)c1. The first-order chi connectivity index (χ1) is 15.2. The number of benzene rings is 2. The molecule has 3 aliphatic rings. The van der Waals surface area contributed by atoms with Crippen LogP contribution in [0.25, 0.3) is 0 Å². The summed E-state index contributed by atoms with van der Waals surface area (Å²) < 4.78 is 23.0. The Labute approximate surface area is 184 Å². The molecule has 2 aromatic rings. The molecule has 0 aromatic heterocycles. The molecule has 2 fully saturated rings. The van der Waals surface area contributed by atoms with E-state index in [2.05, 4.69) is 24.3 Å². The molecule has 0 spiro atoms. The Morgan fingerprint density at radius 1 is 0.806 bits per heavy atom. The minimum atomic E-state index is 0.312. The quantitative estimate of drug-likeness (QED) is 0.602. The van der Waals surface area contributed by atoms with E-state index in [1.54, 1.807) is 21.3 Å². The minimum absolute atomic E-state index is 0.312. The summed E-state index contributed by atoms with van der Waals surface area (Å²) in [4.78, 5) is 5.27. The highest BCUT2D eigenvalue weighted by Gasteiger charge is 2.35. The number of aliphatic imine (C=N–C) groups is 1. The van der Waals surface area contributed by atoms with Gasteiger partial charge in [-0.2, -0.15) is 0 Å². The van der Waals surface area contributed by atoms with Crippen LogP contribution in [0.2, 0.25) is 0 Å². The smallest absolute Gasteiger partial charge is 0.161 e. The zero-order valence-electron chi connectivity index (χ0n) is 18.6. The van der Waals surface area contributed by atoms with E-state index in [1.807, 2.05) is 6.07 Å². The van der Waals surface area contributed by atoms with Crippen LogP contribution in [0.3, 0.4) is 0 Å². The Morgan fingerprint density at radius 2 is 1.55 bits per heavy atom. The number of rotatable bonds is 7. The molecule has 0 bridgehead atoms. The summed E-state index contributed by atoms with van der Waals surface area (Å²) in [6.45, 7) is 0.749. The molecule has 164 valence electrons. The molecule has 5 heteroatoms. The molecule has 2 atom stereocenters. The predicted molar refractivity (Wildman–Crippen MR) is 121 cm³/mol. The lowest BCUT2D eigenvalue weighted by atomic mass is 9.75. The van der Waals surface area contributed by atoms with Crippen LogP contribution in [0.4, 0.5) is 0 Å². The van der Waals surface area contributed by atoms with Gasteiger partial charge in [0.25, 0.3) is 0 Å². The van der Waals surface area contributed by atoms with Gasteiger partial charge in [-0.25, -0.2) is 0 Å². The fourth-order valence-electron chi connectivity index (χ4n) is 4.93. The average Bonchev–Trinajstić information content (AvgIpc) is 3.65. The zero-order valence-corrected chi connectivity index (χ0v) is 18.6. The van der Waals surface area contributed by atoms with Crippen LogP contribution in [0.5, 0.6) is 23.0 Å². The molecule has 2 saturated carbocycles. The molecular weight excluding hydrogens is 390 g/mol. The molecule has 0 amide bonds. The van der Waals surface area contributed by atoms with Gasteiger partial charge in [-0.15, -0.1) is 0 Å². The van der Waals surface area contributed by atoms with Gasteiger partial charge in [0.15, 0.2) is 23.0 Å². The number of nitrogens with zero attached hydrogens (tertiary/aromatic N) is 1. The fourth-order valence-corrected chi connectivity index (χ4v) is 4.93. The zero-order chi connectivity index (χ0) is 21.4. The second kappa shape index (κ2) is 8.45. The molecule has 0 radical (unpaired) electrons. The summed E-state index contributed by atoms with van der Waals surface area (Å²) in [5.41, 5.74) is 4.53. The lowest BCUT2D eigenvalue weighted by molar-refractivity contribution is 0.280. The van der Waals surface area contributed by atoms with Gasteiger partial charge in [-0.1, -0.05) is 12.8 Å². The summed E-state index contributed by atoms with van der Waals surface area (Å²) in [5, 5.41) is 0. The van der Waals surface area contributed by atoms with E-state index in [-0.39, 0.29) is 0 Å². The minimum Gasteiger partial charge on any atom is -0.493 e. The van der Waals surface area contributed by atoms with Crippen molar-refractivity contribution in [3.05, 3.63) is 47.0 Å². The van der Waals surface area contributed by atoms with Crippen LogP contribution in [-0.4, -0.2) is 39.7 Å². The third-order valence-corrected chi connectivity index (χ3v) is 6.84. The van der Waals surface area contributed by atoms with E-state index >= 15 is 0 Å². The first kappa shape index (κ1) is 20.2. The topological polar surface area (TPSA) is 49.3 Å². The Morgan fingerprint density at radius 3 is 2.29 bits per heavy atom. The highest BCUT2D eigenvalue weighted by Crippen LogP contribution is 2.45. The molecular formula is C26H31NO4. The fraction of sp³-hybridized carbons (Fsp3) is 0.500. The Hall–Kier alpha value is -2.69. The summed E-state index contributed by atoms with van der Waals surface area (Å²) >= 11 is 0. The van der Waals surface area contributed by atoms with Crippen LogP contribution in [0.1, 0.15) is 61.1 Å². The van der Waals surface area contributed by atoms with Gasteiger partial charge < -0.3 is 18.9 Å². The first-order valence-electron chi connectivity index (χ1n) is 11.4. The van der Waals surface area contributed by atoms with Crippen LogP contribution in [-0.2, 0) is 0 Å². The predicted octanol–water partition coefficient (Wildman–Crippen LogP) is 5.38. The third kappa shape index (κ3) is 3.86. The summed E-state index contributed by atoms with van der Waals surface area (Å²) in [6, 6.07) is 10.7. The summed E-state index contributed by atoms with van der Waals surface area (Å²) in [6.07, 6.45) is 7.30. The normalized spacial score (nSPS) is 22.1. The van der Waals surface area contributed by atoms with E-state index in [0.29, 0.717) is 17.9 Å². The van der Waals surface area contributed by atoms with Crippen molar-refractivity contribution < 1.29 is 18.9 Å². The number of ether oxygens (including phenoxy) is 4. The van der Waals surface area contributed by atoms with Gasteiger partial charge in [0, 0.05) is 17.0 Å². The van der Waals surface area contributed by atoms with Crippen molar-refractivity contribution in [2.45, 2.75) is 50.5 Å². The van der Waals surface area contributed by atoms with Gasteiger partial charge in [0.2, 0.25) is 0 Å². The van der Waals surface area contributed by atoms with E-state index in [0.717, 1.165) is 52.9 Å². The largest absolute Gasteiger partial charge is 0.493 e. The van der Waals surface area contributed by atoms with Crippen LogP contribution in [0.15, 0.2) is 35.3 Å². The van der Waals surface area contributed by atoms with Gasteiger partial charge >= 0.3 is 0 Å². The molecule has 1 heterocycles. The maximum absolute atomic E-state index is 6.13. The van der Waals surface area contributed by atoms with Crippen molar-refractivity contribution in [2.75, 3.05) is 27.9 Å². The maximum Gasteiger partial charge on any atom is 0.161 e. The molecule has 1 aliphatic heterocycles. The molecule has 0 N–H and O–H groups in total. The van der Waals surface area contributed by atoms with E-state index in [9.17, 15) is 0 Å². The molecule has 31 heavy (non-hydrogen) atoms. The Bertz CT molecular complexity index is 995. The molecule has 0 saturated heterocycles. The number of fused-ring (bicyclic) bond motifs is 3. The molecule has 5 nitrogen and oxygen atoms in total. The van der Waals surface area contributed by atoms with Gasteiger partial charge in [0.05, 0.1) is 39.7 Å². The standard InChI is InChI=1S/C26H31NO4/c1-28-22-11-10-17(12-25(22)31-15-16-8-9-16)26-20-14-24(30-3)23(29-2)13-19(20)18-6-4-5-7-21(18)27-26/h10-14,16,18,21H,4-9,15H2,1-3H3/t18-,21-/m1/s1. The Kier molecular flexibility index (Phi) is 5.51. The van der Waals surface area contributed by atoms with Gasteiger partial charge in [-0.3, -0.25) is 4.99 Å². The highest BCUT2D eigenvalue weighted by atomic mass is 16.5. The maximum atomic E-state index is 6.13. The lowest BCUT2D eigenvalue weighted by Gasteiger charge is -2.36. The summed E-state index contributed by atoms with van der Waals surface area (Å²) in [5.74, 6) is 4.21.